The SMILES string of the molecule is Cc1ccc(C(N)=O)cc1NC(=O)CCc1c(C)noc1C. The third kappa shape index (κ3) is 3.52. The van der Waals surface area contributed by atoms with Crippen LogP contribution in [0.4, 0.5) is 5.69 Å². The van der Waals surface area contributed by atoms with Crippen LogP contribution in [0.25, 0.3) is 0 Å². The minimum atomic E-state index is -0.522. The number of nitrogens with two attached hydrogens (primary N) is 1. The van der Waals surface area contributed by atoms with E-state index in [2.05, 4.69) is 10.5 Å². The number of nitrogens with one attached hydrogen (secondary N) is 1. The van der Waals surface area contributed by atoms with Crippen LogP contribution in [0.2, 0.25) is 0 Å². The Morgan fingerprint density at radius 2 is 2.00 bits per heavy atom. The van der Waals surface area contributed by atoms with Gasteiger partial charge in [-0.15, -0.1) is 0 Å². The molecule has 2 amide bonds. The van der Waals surface area contributed by atoms with Gasteiger partial charge in [-0.3, -0.25) is 9.59 Å². The molecule has 0 fully saturated rings. The normalized spacial score (nSPS) is 10.5. The zero-order valence-corrected chi connectivity index (χ0v) is 12.9. The zero-order chi connectivity index (χ0) is 16.3. The summed E-state index contributed by atoms with van der Waals surface area (Å²) in [6.45, 7) is 5.53. The number of carbonyl (C=O) groups is 2. The Hall–Kier alpha value is -2.63. The summed E-state index contributed by atoms with van der Waals surface area (Å²) >= 11 is 0. The number of aromatic nitrogens is 1. The molecule has 2 aromatic rings. The molecule has 0 saturated heterocycles. The first-order valence-corrected chi connectivity index (χ1v) is 7.00. The van der Waals surface area contributed by atoms with Crippen LogP contribution in [-0.2, 0) is 11.2 Å². The summed E-state index contributed by atoms with van der Waals surface area (Å²) in [7, 11) is 0. The molecule has 0 saturated carbocycles. The van der Waals surface area contributed by atoms with Gasteiger partial charge in [-0.1, -0.05) is 11.2 Å². The van der Waals surface area contributed by atoms with Gasteiger partial charge in [0.15, 0.2) is 0 Å². The monoisotopic (exact) mass is 301 g/mol. The van der Waals surface area contributed by atoms with Gasteiger partial charge in [0.2, 0.25) is 11.8 Å². The standard InChI is InChI=1S/C16H19N3O3/c1-9-4-5-12(16(17)21)8-14(9)18-15(20)7-6-13-10(2)19-22-11(13)3/h4-5,8H,6-7H2,1-3H3,(H2,17,21)(H,18,20). The van der Waals surface area contributed by atoms with Crippen molar-refractivity contribution in [3.8, 4) is 0 Å². The van der Waals surface area contributed by atoms with Crippen LogP contribution in [0, 0.1) is 20.8 Å². The molecular weight excluding hydrogens is 282 g/mol. The van der Waals surface area contributed by atoms with Gasteiger partial charge < -0.3 is 15.6 Å². The Kier molecular flexibility index (Phi) is 4.60. The number of aryl methyl sites for hydroxylation is 3. The molecule has 6 nitrogen and oxygen atoms in total. The quantitative estimate of drug-likeness (QED) is 0.885. The van der Waals surface area contributed by atoms with Crippen LogP contribution in [0.1, 0.15) is 39.4 Å². The molecule has 0 bridgehead atoms. The average molecular weight is 301 g/mol. The van der Waals surface area contributed by atoms with E-state index in [0.717, 1.165) is 22.6 Å². The molecule has 6 heteroatoms. The molecule has 1 aromatic carbocycles. The maximum Gasteiger partial charge on any atom is 0.248 e. The van der Waals surface area contributed by atoms with Gasteiger partial charge in [0.25, 0.3) is 0 Å². The van der Waals surface area contributed by atoms with Crippen molar-refractivity contribution in [2.45, 2.75) is 33.6 Å². The highest BCUT2D eigenvalue weighted by atomic mass is 16.5. The predicted octanol–water partition coefficient (Wildman–Crippen LogP) is 2.27. The third-order valence-electron chi connectivity index (χ3n) is 3.58. The van der Waals surface area contributed by atoms with E-state index in [1.807, 2.05) is 20.8 Å². The lowest BCUT2D eigenvalue weighted by Crippen LogP contribution is -2.15. The van der Waals surface area contributed by atoms with Gasteiger partial charge in [0, 0.05) is 23.2 Å². The number of hydrogen-bond acceptors (Lipinski definition) is 4. The van der Waals surface area contributed by atoms with Crippen molar-refractivity contribution in [2.24, 2.45) is 5.73 Å². The first kappa shape index (κ1) is 15.8. The van der Waals surface area contributed by atoms with Crippen LogP contribution < -0.4 is 11.1 Å². The Balaban J connectivity index is 2.03. The van der Waals surface area contributed by atoms with Crippen molar-refractivity contribution in [1.29, 1.82) is 0 Å². The Bertz CT molecular complexity index is 700. The van der Waals surface area contributed by atoms with Crippen molar-refractivity contribution < 1.29 is 14.1 Å². The predicted molar refractivity (Wildman–Crippen MR) is 82.6 cm³/mol. The van der Waals surface area contributed by atoms with Crippen LogP contribution in [0.5, 0.6) is 0 Å². The lowest BCUT2D eigenvalue weighted by molar-refractivity contribution is -0.116. The average Bonchev–Trinajstić information content (AvgIpc) is 2.78. The van der Waals surface area contributed by atoms with Crippen molar-refractivity contribution >= 4 is 17.5 Å². The lowest BCUT2D eigenvalue weighted by Gasteiger charge is -2.09. The molecule has 2 rings (SSSR count). The molecule has 0 aliphatic heterocycles. The number of amides is 2. The topological polar surface area (TPSA) is 98.2 Å². The number of anilines is 1. The largest absolute Gasteiger partial charge is 0.366 e. The van der Waals surface area contributed by atoms with E-state index in [0.29, 0.717) is 24.1 Å². The lowest BCUT2D eigenvalue weighted by atomic mass is 10.1. The molecule has 0 atom stereocenters. The smallest absolute Gasteiger partial charge is 0.248 e. The number of hydrogen-bond donors (Lipinski definition) is 2. The number of rotatable bonds is 5. The molecule has 1 aromatic heterocycles. The third-order valence-corrected chi connectivity index (χ3v) is 3.58. The van der Waals surface area contributed by atoms with Crippen molar-refractivity contribution in [3.05, 3.63) is 46.3 Å². The molecule has 0 unspecified atom stereocenters. The Morgan fingerprint density at radius 3 is 2.59 bits per heavy atom. The maximum atomic E-state index is 12.1. The van der Waals surface area contributed by atoms with Gasteiger partial charge in [-0.2, -0.15) is 0 Å². The molecule has 0 aliphatic rings. The van der Waals surface area contributed by atoms with Crippen LogP contribution >= 0.6 is 0 Å². The molecule has 1 heterocycles. The maximum absolute atomic E-state index is 12.1. The van der Waals surface area contributed by atoms with Gasteiger partial charge in [0.05, 0.1) is 5.69 Å². The van der Waals surface area contributed by atoms with Gasteiger partial charge in [0.1, 0.15) is 5.76 Å². The fourth-order valence-corrected chi connectivity index (χ4v) is 2.22. The number of benzene rings is 1. The van der Waals surface area contributed by atoms with Crippen LogP contribution in [0.15, 0.2) is 22.7 Å². The van der Waals surface area contributed by atoms with Gasteiger partial charge >= 0.3 is 0 Å². The molecule has 0 aliphatic carbocycles. The van der Waals surface area contributed by atoms with E-state index >= 15 is 0 Å². The molecule has 22 heavy (non-hydrogen) atoms. The number of nitrogens with zero attached hydrogens (tertiary/aromatic N) is 1. The first-order valence-electron chi connectivity index (χ1n) is 7.00. The summed E-state index contributed by atoms with van der Waals surface area (Å²) in [6.07, 6.45) is 0.866. The second-order valence-corrected chi connectivity index (χ2v) is 5.24. The number of primary amides is 1. The second kappa shape index (κ2) is 6.43. The molecule has 0 radical (unpaired) electrons. The molecule has 0 spiro atoms. The van der Waals surface area contributed by atoms with E-state index in [4.69, 9.17) is 10.3 Å². The van der Waals surface area contributed by atoms with E-state index < -0.39 is 5.91 Å². The second-order valence-electron chi connectivity index (χ2n) is 5.24. The summed E-state index contributed by atoms with van der Waals surface area (Å²) < 4.78 is 5.07. The van der Waals surface area contributed by atoms with Crippen molar-refractivity contribution in [2.75, 3.05) is 5.32 Å². The zero-order valence-electron chi connectivity index (χ0n) is 12.9. The van der Waals surface area contributed by atoms with E-state index in [1.165, 1.54) is 0 Å². The van der Waals surface area contributed by atoms with Gasteiger partial charge in [-0.05, 0) is 44.9 Å². The van der Waals surface area contributed by atoms with Crippen molar-refractivity contribution in [3.63, 3.8) is 0 Å². The Labute approximate surface area is 128 Å². The highest BCUT2D eigenvalue weighted by Crippen LogP contribution is 2.18. The fourth-order valence-electron chi connectivity index (χ4n) is 2.22. The van der Waals surface area contributed by atoms with Crippen LogP contribution in [-0.4, -0.2) is 17.0 Å². The minimum absolute atomic E-state index is 0.135. The summed E-state index contributed by atoms with van der Waals surface area (Å²) in [5.74, 6) is 0.0770. The van der Waals surface area contributed by atoms with E-state index in [1.54, 1.807) is 18.2 Å². The highest BCUT2D eigenvalue weighted by molar-refractivity contribution is 5.97. The first-order chi connectivity index (χ1) is 10.4. The van der Waals surface area contributed by atoms with E-state index in [-0.39, 0.29) is 5.91 Å². The molecular formula is C16H19N3O3. The fraction of sp³-hybridized carbons (Fsp3) is 0.312. The van der Waals surface area contributed by atoms with Crippen molar-refractivity contribution in [1.82, 2.24) is 5.16 Å². The van der Waals surface area contributed by atoms with E-state index in [9.17, 15) is 9.59 Å². The summed E-state index contributed by atoms with van der Waals surface area (Å²) in [4.78, 5) is 23.3. The molecule has 116 valence electrons. The summed E-state index contributed by atoms with van der Waals surface area (Å²) in [6, 6.07) is 4.98. The Morgan fingerprint density at radius 1 is 1.27 bits per heavy atom. The minimum Gasteiger partial charge on any atom is -0.366 e. The van der Waals surface area contributed by atoms with Gasteiger partial charge in [-0.25, -0.2) is 0 Å². The van der Waals surface area contributed by atoms with Crippen LogP contribution in [0.3, 0.4) is 0 Å². The molecule has 3 N–H and O–H groups in total. The summed E-state index contributed by atoms with van der Waals surface area (Å²) in [5, 5.41) is 6.67. The highest BCUT2D eigenvalue weighted by Gasteiger charge is 2.12. The number of carbonyl (C=O) groups excluding carboxylic acids is 2. The summed E-state index contributed by atoms with van der Waals surface area (Å²) in [5.41, 5.74) is 8.85.